The number of halogens is 1. The van der Waals surface area contributed by atoms with E-state index in [1.165, 1.54) is 0 Å². The van der Waals surface area contributed by atoms with E-state index in [2.05, 4.69) is 15.9 Å². The molecule has 0 aliphatic carbocycles. The summed E-state index contributed by atoms with van der Waals surface area (Å²) >= 11 is 3.38. The van der Waals surface area contributed by atoms with E-state index in [0.29, 0.717) is 5.69 Å². The number of pyridine rings is 1. The molecule has 3 nitrogen and oxygen atoms in total. The van der Waals surface area contributed by atoms with Gasteiger partial charge in [-0.25, -0.2) is 4.79 Å². The van der Waals surface area contributed by atoms with Crippen molar-refractivity contribution in [3.05, 3.63) is 40.1 Å². The molecule has 0 aliphatic heterocycles. The average molecular weight is 254 g/mol. The zero-order valence-corrected chi connectivity index (χ0v) is 9.08. The van der Waals surface area contributed by atoms with Gasteiger partial charge in [-0.2, -0.15) is 0 Å². The first-order valence-electron chi connectivity index (χ1n) is 4.11. The number of hydrogen-bond donors (Lipinski definition) is 1. The fourth-order valence-corrected chi connectivity index (χ4v) is 1.97. The van der Waals surface area contributed by atoms with Crippen molar-refractivity contribution in [2.45, 2.75) is 6.92 Å². The molecular formula is C10H8BrNO2. The number of carbonyl (C=O) groups is 1. The predicted octanol–water partition coefficient (Wildman–Crippen LogP) is 2.71. The molecule has 2 heterocycles. The van der Waals surface area contributed by atoms with Crippen molar-refractivity contribution in [2.24, 2.45) is 0 Å². The fourth-order valence-electron chi connectivity index (χ4n) is 1.52. The van der Waals surface area contributed by atoms with Gasteiger partial charge in [-0.3, -0.25) is 0 Å². The number of nitrogens with zero attached hydrogens (tertiary/aromatic N) is 1. The third-order valence-corrected chi connectivity index (χ3v) is 2.84. The second-order valence-corrected chi connectivity index (χ2v) is 3.92. The molecule has 0 aliphatic rings. The SMILES string of the molecule is Cc1ccc(Br)c2ccc(C(=O)O)n12. The quantitative estimate of drug-likeness (QED) is 0.850. The summed E-state index contributed by atoms with van der Waals surface area (Å²) in [4.78, 5) is 10.9. The van der Waals surface area contributed by atoms with Crippen molar-refractivity contribution in [2.75, 3.05) is 0 Å². The van der Waals surface area contributed by atoms with Gasteiger partial charge >= 0.3 is 5.97 Å². The lowest BCUT2D eigenvalue weighted by Crippen LogP contribution is -2.03. The van der Waals surface area contributed by atoms with E-state index < -0.39 is 5.97 Å². The number of aryl methyl sites for hydroxylation is 1. The number of carboxylic acids is 1. The maximum atomic E-state index is 10.9. The molecule has 2 aromatic rings. The fraction of sp³-hybridized carbons (Fsp3) is 0.100. The molecule has 0 amide bonds. The van der Waals surface area contributed by atoms with E-state index in [9.17, 15) is 4.79 Å². The van der Waals surface area contributed by atoms with Gasteiger partial charge in [-0.1, -0.05) is 0 Å². The van der Waals surface area contributed by atoms with Crippen molar-refractivity contribution in [3.8, 4) is 0 Å². The number of carboxylic acid groups (broad SMARTS) is 1. The van der Waals surface area contributed by atoms with Crippen molar-refractivity contribution >= 4 is 27.4 Å². The summed E-state index contributed by atoms with van der Waals surface area (Å²) in [6.07, 6.45) is 0. The largest absolute Gasteiger partial charge is 0.477 e. The topological polar surface area (TPSA) is 41.7 Å². The maximum absolute atomic E-state index is 10.9. The Labute approximate surface area is 89.1 Å². The van der Waals surface area contributed by atoms with E-state index >= 15 is 0 Å². The van der Waals surface area contributed by atoms with Crippen molar-refractivity contribution in [3.63, 3.8) is 0 Å². The summed E-state index contributed by atoms with van der Waals surface area (Å²) in [5, 5.41) is 8.95. The molecule has 72 valence electrons. The lowest BCUT2D eigenvalue weighted by atomic mass is 10.3. The highest BCUT2D eigenvalue weighted by molar-refractivity contribution is 9.10. The molecule has 0 aromatic carbocycles. The van der Waals surface area contributed by atoms with Gasteiger partial charge in [-0.15, -0.1) is 0 Å². The first-order chi connectivity index (χ1) is 6.61. The summed E-state index contributed by atoms with van der Waals surface area (Å²) in [6.45, 7) is 1.88. The highest BCUT2D eigenvalue weighted by Crippen LogP contribution is 2.22. The Morgan fingerprint density at radius 3 is 2.71 bits per heavy atom. The number of aromatic carboxylic acids is 1. The molecule has 0 spiro atoms. The highest BCUT2D eigenvalue weighted by Gasteiger charge is 2.11. The van der Waals surface area contributed by atoms with Crippen LogP contribution in [0.25, 0.3) is 5.52 Å². The normalized spacial score (nSPS) is 10.7. The molecule has 2 rings (SSSR count). The van der Waals surface area contributed by atoms with E-state index in [1.807, 2.05) is 19.1 Å². The van der Waals surface area contributed by atoms with E-state index in [0.717, 1.165) is 15.7 Å². The smallest absolute Gasteiger partial charge is 0.352 e. The molecule has 0 saturated carbocycles. The van der Waals surface area contributed by atoms with Gasteiger partial charge in [0.2, 0.25) is 0 Å². The Morgan fingerprint density at radius 1 is 1.36 bits per heavy atom. The minimum Gasteiger partial charge on any atom is -0.477 e. The Morgan fingerprint density at radius 2 is 2.07 bits per heavy atom. The van der Waals surface area contributed by atoms with Gasteiger partial charge in [0.1, 0.15) is 5.69 Å². The van der Waals surface area contributed by atoms with Crippen LogP contribution in [0.3, 0.4) is 0 Å². The van der Waals surface area contributed by atoms with Crippen LogP contribution in [0.5, 0.6) is 0 Å². The molecule has 0 saturated heterocycles. The third-order valence-electron chi connectivity index (χ3n) is 2.17. The Bertz CT molecular complexity index is 516. The summed E-state index contributed by atoms with van der Waals surface area (Å²) in [5.74, 6) is -0.911. The molecule has 14 heavy (non-hydrogen) atoms. The lowest BCUT2D eigenvalue weighted by molar-refractivity contribution is 0.0689. The number of hydrogen-bond acceptors (Lipinski definition) is 1. The molecule has 2 aromatic heterocycles. The summed E-state index contributed by atoms with van der Waals surface area (Å²) in [5.41, 5.74) is 2.08. The van der Waals surface area contributed by atoms with Crippen molar-refractivity contribution in [1.29, 1.82) is 0 Å². The molecule has 0 bridgehead atoms. The van der Waals surface area contributed by atoms with Gasteiger partial charge < -0.3 is 9.51 Å². The van der Waals surface area contributed by atoms with Crippen molar-refractivity contribution in [1.82, 2.24) is 4.40 Å². The zero-order valence-electron chi connectivity index (χ0n) is 7.49. The van der Waals surface area contributed by atoms with Crippen LogP contribution in [-0.4, -0.2) is 15.5 Å². The highest BCUT2D eigenvalue weighted by atomic mass is 79.9. The van der Waals surface area contributed by atoms with E-state index in [-0.39, 0.29) is 0 Å². The van der Waals surface area contributed by atoms with Crippen LogP contribution >= 0.6 is 15.9 Å². The van der Waals surface area contributed by atoms with Gasteiger partial charge in [0.15, 0.2) is 0 Å². The molecule has 0 unspecified atom stereocenters. The minimum absolute atomic E-state index is 0.291. The average Bonchev–Trinajstić information content (AvgIpc) is 2.56. The van der Waals surface area contributed by atoms with Crippen LogP contribution in [-0.2, 0) is 0 Å². The Balaban J connectivity index is 2.90. The zero-order chi connectivity index (χ0) is 10.3. The second-order valence-electron chi connectivity index (χ2n) is 3.07. The lowest BCUT2D eigenvalue weighted by Gasteiger charge is -2.04. The first-order valence-corrected chi connectivity index (χ1v) is 4.90. The monoisotopic (exact) mass is 253 g/mol. The molecule has 0 radical (unpaired) electrons. The number of fused-ring (bicyclic) bond motifs is 1. The van der Waals surface area contributed by atoms with E-state index in [1.54, 1.807) is 16.5 Å². The maximum Gasteiger partial charge on any atom is 0.352 e. The van der Waals surface area contributed by atoms with Crippen LogP contribution in [0.4, 0.5) is 0 Å². The number of aromatic nitrogens is 1. The first kappa shape index (κ1) is 9.27. The van der Waals surface area contributed by atoms with Crippen molar-refractivity contribution < 1.29 is 9.90 Å². The van der Waals surface area contributed by atoms with E-state index in [4.69, 9.17) is 5.11 Å². The molecule has 1 N–H and O–H groups in total. The van der Waals surface area contributed by atoms with Crippen LogP contribution in [0.1, 0.15) is 16.2 Å². The summed E-state index contributed by atoms with van der Waals surface area (Å²) in [7, 11) is 0. The summed E-state index contributed by atoms with van der Waals surface area (Å²) < 4.78 is 2.61. The van der Waals surface area contributed by atoms with Crippen LogP contribution in [0.2, 0.25) is 0 Å². The second kappa shape index (κ2) is 3.13. The third kappa shape index (κ3) is 1.23. The molecule has 4 heteroatoms. The van der Waals surface area contributed by atoms with Crippen LogP contribution in [0.15, 0.2) is 28.7 Å². The predicted molar refractivity (Wildman–Crippen MR) is 56.8 cm³/mol. The van der Waals surface area contributed by atoms with Gasteiger partial charge in [-0.05, 0) is 47.1 Å². The van der Waals surface area contributed by atoms with Gasteiger partial charge in [0.25, 0.3) is 0 Å². The molecule has 0 fully saturated rings. The van der Waals surface area contributed by atoms with Crippen LogP contribution in [0, 0.1) is 6.92 Å². The Kier molecular flexibility index (Phi) is 2.07. The van der Waals surface area contributed by atoms with Gasteiger partial charge in [0, 0.05) is 10.2 Å². The van der Waals surface area contributed by atoms with Crippen LogP contribution < -0.4 is 0 Å². The Hall–Kier alpha value is -1.29. The number of rotatable bonds is 1. The molecule has 0 atom stereocenters. The standard InChI is InChI=1S/C10H8BrNO2/c1-6-2-3-7(11)8-4-5-9(10(13)14)12(6)8/h2-5H,1H3,(H,13,14). The molecular weight excluding hydrogens is 246 g/mol. The minimum atomic E-state index is -0.911. The van der Waals surface area contributed by atoms with Gasteiger partial charge in [0.05, 0.1) is 5.52 Å². The summed E-state index contributed by atoms with van der Waals surface area (Å²) in [6, 6.07) is 7.19.